The van der Waals surface area contributed by atoms with E-state index in [0.29, 0.717) is 46.9 Å². The zero-order chi connectivity index (χ0) is 30.4. The summed E-state index contributed by atoms with van der Waals surface area (Å²) in [6.45, 7) is 8.25. The normalized spacial score (nSPS) is 11.4. The van der Waals surface area contributed by atoms with Gasteiger partial charge < -0.3 is 24.9 Å². The second-order valence-corrected chi connectivity index (χ2v) is 9.32. The minimum absolute atomic E-state index is 0.0450. The largest absolute Gasteiger partial charge is 0.488 e. The van der Waals surface area contributed by atoms with Gasteiger partial charge >= 0.3 is 5.97 Å². The second kappa shape index (κ2) is 13.1. The second-order valence-electron chi connectivity index (χ2n) is 9.32. The molecule has 1 aromatic carbocycles. The molecule has 0 saturated heterocycles. The first-order valence-electron chi connectivity index (χ1n) is 13.5. The number of primary amides is 1. The van der Waals surface area contributed by atoms with Gasteiger partial charge in [-0.3, -0.25) is 24.3 Å². The fourth-order valence-electron chi connectivity index (χ4n) is 4.46. The van der Waals surface area contributed by atoms with Crippen molar-refractivity contribution in [2.45, 2.75) is 47.3 Å². The van der Waals surface area contributed by atoms with Gasteiger partial charge in [0, 0.05) is 25.2 Å². The molecule has 14 heteroatoms. The van der Waals surface area contributed by atoms with Crippen LogP contribution >= 0.6 is 0 Å². The Morgan fingerprint density at radius 1 is 0.976 bits per heavy atom. The van der Waals surface area contributed by atoms with Gasteiger partial charge in [0.15, 0.2) is 0 Å². The molecule has 2 amide bonds. The Balaban J connectivity index is 1.64. The number of anilines is 1. The zero-order valence-electron chi connectivity index (χ0n) is 24.0. The van der Waals surface area contributed by atoms with Crippen molar-refractivity contribution in [3.8, 4) is 5.75 Å². The molecule has 0 fully saturated rings. The van der Waals surface area contributed by atoms with Gasteiger partial charge in [0.25, 0.3) is 5.91 Å². The zero-order valence-corrected chi connectivity index (χ0v) is 24.0. The summed E-state index contributed by atoms with van der Waals surface area (Å²) in [5.41, 5.74) is 8.60. The number of hydrogen-bond acceptors (Lipinski definition) is 9. The maximum Gasteiger partial charge on any atom is 0.356 e. The van der Waals surface area contributed by atoms with Crippen LogP contribution in [-0.2, 0) is 24.4 Å². The van der Waals surface area contributed by atoms with Gasteiger partial charge in [0.1, 0.15) is 35.9 Å². The lowest BCUT2D eigenvalue weighted by molar-refractivity contribution is 0.0437. The van der Waals surface area contributed by atoms with E-state index >= 15 is 0 Å². The molecule has 4 N–H and O–H groups in total. The van der Waals surface area contributed by atoms with Crippen LogP contribution in [0.3, 0.4) is 0 Å². The average Bonchev–Trinajstić information content (AvgIpc) is 3.64. The highest BCUT2D eigenvalue weighted by molar-refractivity contribution is 6.04. The first-order valence-corrected chi connectivity index (χ1v) is 13.5. The van der Waals surface area contributed by atoms with Crippen LogP contribution in [0.15, 0.2) is 36.4 Å². The van der Waals surface area contributed by atoms with Gasteiger partial charge in [0.05, 0.1) is 23.5 Å². The van der Waals surface area contributed by atoms with E-state index < -0.39 is 17.8 Å². The Bertz CT molecular complexity index is 1650. The van der Waals surface area contributed by atoms with E-state index in [2.05, 4.69) is 20.5 Å². The molecule has 222 valence electrons. The van der Waals surface area contributed by atoms with Crippen molar-refractivity contribution in [1.29, 1.82) is 0 Å². The number of imidazole rings is 1. The van der Waals surface area contributed by atoms with Crippen molar-refractivity contribution in [1.82, 2.24) is 29.1 Å². The average molecular weight is 579 g/mol. The molecule has 0 spiro atoms. The monoisotopic (exact) mass is 578 g/mol. The van der Waals surface area contributed by atoms with E-state index in [1.807, 2.05) is 13.8 Å². The number of aliphatic hydroxyl groups excluding tert-OH is 1. The van der Waals surface area contributed by atoms with Gasteiger partial charge in [-0.15, -0.1) is 0 Å². The molecule has 42 heavy (non-hydrogen) atoms. The van der Waals surface area contributed by atoms with Crippen molar-refractivity contribution >= 4 is 34.8 Å². The van der Waals surface area contributed by atoms with Crippen LogP contribution in [0.25, 0.3) is 11.0 Å². The summed E-state index contributed by atoms with van der Waals surface area (Å²) >= 11 is 0. The first-order chi connectivity index (χ1) is 20.2. The summed E-state index contributed by atoms with van der Waals surface area (Å²) in [7, 11) is 0. The van der Waals surface area contributed by atoms with Crippen molar-refractivity contribution in [2.24, 2.45) is 5.73 Å². The SMILES string of the molecule is CCn1nc(C)cc1C(=O)Nc1nc2cc(C(N)=O)cc(OCCOC(=O)c3cc(C)nn3CC)c2n1C/C=C/CO. The number of ether oxygens (including phenoxy) is 2. The van der Waals surface area contributed by atoms with E-state index in [-0.39, 0.29) is 43.6 Å². The molecule has 4 rings (SSSR count). The number of rotatable bonds is 13. The number of amides is 2. The lowest BCUT2D eigenvalue weighted by atomic mass is 10.1. The predicted molar refractivity (Wildman–Crippen MR) is 153 cm³/mol. The number of fused-ring (bicyclic) bond motifs is 1. The number of nitrogens with two attached hydrogens (primary N) is 1. The number of aliphatic hydroxyl groups is 1. The first kappa shape index (κ1) is 30.0. The van der Waals surface area contributed by atoms with Crippen LogP contribution in [0.1, 0.15) is 56.6 Å². The number of benzene rings is 1. The van der Waals surface area contributed by atoms with E-state index in [4.69, 9.17) is 15.2 Å². The molecule has 0 radical (unpaired) electrons. The maximum absolute atomic E-state index is 13.2. The van der Waals surface area contributed by atoms with Gasteiger partial charge in [0.2, 0.25) is 11.9 Å². The topological polar surface area (TPSA) is 181 Å². The van der Waals surface area contributed by atoms with Gasteiger partial charge in [-0.1, -0.05) is 12.2 Å². The lowest BCUT2D eigenvalue weighted by Gasteiger charge is -2.13. The minimum Gasteiger partial charge on any atom is -0.488 e. The van der Waals surface area contributed by atoms with Crippen LogP contribution < -0.4 is 15.8 Å². The number of allylic oxidation sites excluding steroid dienone is 1. The third kappa shape index (κ3) is 6.49. The molecular weight excluding hydrogens is 544 g/mol. The van der Waals surface area contributed by atoms with Crippen molar-refractivity contribution < 1.29 is 29.0 Å². The molecule has 0 aliphatic rings. The van der Waals surface area contributed by atoms with Crippen LogP contribution in [0.2, 0.25) is 0 Å². The Labute approximate surface area is 241 Å². The number of carbonyl (C=O) groups is 3. The van der Waals surface area contributed by atoms with Gasteiger partial charge in [-0.05, 0) is 52.0 Å². The number of carbonyl (C=O) groups excluding carboxylic acids is 3. The smallest absolute Gasteiger partial charge is 0.356 e. The highest BCUT2D eigenvalue weighted by atomic mass is 16.6. The summed E-state index contributed by atoms with van der Waals surface area (Å²) in [6.07, 6.45) is 3.25. The predicted octanol–water partition coefficient (Wildman–Crippen LogP) is 2.22. The molecule has 4 aromatic rings. The van der Waals surface area contributed by atoms with E-state index in [1.54, 1.807) is 52.1 Å². The quantitative estimate of drug-likeness (QED) is 0.122. The fraction of sp³-hybridized carbons (Fsp3) is 0.357. The Hall–Kier alpha value is -4.98. The van der Waals surface area contributed by atoms with Crippen molar-refractivity contribution in [3.05, 3.63) is 64.8 Å². The van der Waals surface area contributed by atoms with E-state index in [9.17, 15) is 19.5 Å². The molecule has 3 heterocycles. The number of aryl methyl sites for hydroxylation is 4. The summed E-state index contributed by atoms with van der Waals surface area (Å²) in [5, 5.41) is 20.7. The van der Waals surface area contributed by atoms with E-state index in [0.717, 1.165) is 0 Å². The molecule has 14 nitrogen and oxygen atoms in total. The summed E-state index contributed by atoms with van der Waals surface area (Å²) in [6, 6.07) is 6.29. The highest BCUT2D eigenvalue weighted by Crippen LogP contribution is 2.31. The van der Waals surface area contributed by atoms with Gasteiger partial charge in [-0.2, -0.15) is 10.2 Å². The van der Waals surface area contributed by atoms with Crippen LogP contribution in [0.5, 0.6) is 5.75 Å². The molecule has 0 unspecified atom stereocenters. The maximum atomic E-state index is 13.2. The number of esters is 1. The highest BCUT2D eigenvalue weighted by Gasteiger charge is 2.22. The van der Waals surface area contributed by atoms with Crippen LogP contribution in [0, 0.1) is 13.8 Å². The van der Waals surface area contributed by atoms with Gasteiger partial charge in [-0.25, -0.2) is 9.78 Å². The molecule has 0 atom stereocenters. The number of hydrogen-bond donors (Lipinski definition) is 3. The third-order valence-electron chi connectivity index (χ3n) is 6.30. The molecule has 3 aromatic heterocycles. The minimum atomic E-state index is -0.695. The molecule has 0 saturated carbocycles. The number of aromatic nitrogens is 6. The van der Waals surface area contributed by atoms with Crippen LogP contribution in [0.4, 0.5) is 5.95 Å². The fourth-order valence-corrected chi connectivity index (χ4v) is 4.46. The lowest BCUT2D eigenvalue weighted by Crippen LogP contribution is -2.20. The van der Waals surface area contributed by atoms with Crippen molar-refractivity contribution in [3.63, 3.8) is 0 Å². The number of nitrogens with zero attached hydrogens (tertiary/aromatic N) is 6. The third-order valence-corrected chi connectivity index (χ3v) is 6.30. The molecule has 0 aliphatic heterocycles. The molecule has 0 aliphatic carbocycles. The van der Waals surface area contributed by atoms with Crippen LogP contribution in [-0.4, -0.2) is 71.8 Å². The Morgan fingerprint density at radius 2 is 1.64 bits per heavy atom. The number of nitrogens with one attached hydrogen (secondary N) is 1. The Morgan fingerprint density at radius 3 is 2.29 bits per heavy atom. The summed E-state index contributed by atoms with van der Waals surface area (Å²) in [4.78, 5) is 42.5. The van der Waals surface area contributed by atoms with E-state index in [1.165, 1.54) is 12.1 Å². The Kier molecular flexibility index (Phi) is 9.37. The summed E-state index contributed by atoms with van der Waals surface area (Å²) < 4.78 is 16.2. The standard InChI is InChI=1S/C28H34N8O6/c1-5-35-21(13-17(3)32-35)26(39)31-28-30-20-15-19(25(29)38)16-23(24(20)34(28)9-7-8-10-37)41-11-12-42-27(40)22-14-18(4)33-36(22)6-2/h7-8,13-16,37H,5-6,9-12H2,1-4H3,(H2,29,38)(H,30,31,39)/b8-7+. The molecule has 0 bridgehead atoms. The summed E-state index contributed by atoms with van der Waals surface area (Å²) in [5.74, 6) is -1.24. The molecular formula is C28H34N8O6. The van der Waals surface area contributed by atoms with Crippen molar-refractivity contribution in [2.75, 3.05) is 25.1 Å².